The summed E-state index contributed by atoms with van der Waals surface area (Å²) >= 11 is 0. The van der Waals surface area contributed by atoms with Gasteiger partial charge in [-0.15, -0.1) is 5.10 Å². The molecule has 0 radical (unpaired) electrons. The molecular formula is C20H19N7O2. The van der Waals surface area contributed by atoms with Crippen LogP contribution in [0.5, 0.6) is 5.75 Å². The van der Waals surface area contributed by atoms with Gasteiger partial charge in [0.05, 0.1) is 19.0 Å². The molecule has 9 nitrogen and oxygen atoms in total. The third kappa shape index (κ3) is 4.13. The van der Waals surface area contributed by atoms with Crippen molar-refractivity contribution in [2.45, 2.75) is 12.6 Å². The lowest BCUT2D eigenvalue weighted by atomic mass is 10.1. The Morgan fingerprint density at radius 1 is 1.17 bits per heavy atom. The molecule has 0 fully saturated rings. The molecule has 1 amide bonds. The molecule has 0 saturated carbocycles. The molecule has 2 aromatic carbocycles. The van der Waals surface area contributed by atoms with E-state index in [0.717, 1.165) is 22.6 Å². The van der Waals surface area contributed by atoms with E-state index in [1.165, 1.54) is 11.0 Å². The van der Waals surface area contributed by atoms with Gasteiger partial charge in [0, 0.05) is 24.4 Å². The van der Waals surface area contributed by atoms with Gasteiger partial charge in [0.25, 0.3) is 0 Å². The van der Waals surface area contributed by atoms with Gasteiger partial charge in [-0.2, -0.15) is 5.10 Å². The Balaban J connectivity index is 1.48. The number of tetrazole rings is 1. The van der Waals surface area contributed by atoms with Crippen molar-refractivity contribution in [1.29, 1.82) is 0 Å². The van der Waals surface area contributed by atoms with Crippen LogP contribution in [0.3, 0.4) is 0 Å². The third-order valence-electron chi connectivity index (χ3n) is 4.41. The van der Waals surface area contributed by atoms with Gasteiger partial charge in [-0.3, -0.25) is 4.79 Å². The second kappa shape index (κ2) is 8.34. The smallest absolute Gasteiger partial charge is 0.249 e. The summed E-state index contributed by atoms with van der Waals surface area (Å²) in [6.07, 6.45) is 5.01. The van der Waals surface area contributed by atoms with Crippen LogP contribution in [-0.4, -0.2) is 43.0 Å². The van der Waals surface area contributed by atoms with Gasteiger partial charge in [-0.1, -0.05) is 36.4 Å². The average Bonchev–Trinajstić information content (AvgIpc) is 3.46. The van der Waals surface area contributed by atoms with Crippen molar-refractivity contribution in [3.05, 3.63) is 84.4 Å². The van der Waals surface area contributed by atoms with Crippen molar-refractivity contribution in [3.63, 3.8) is 0 Å². The summed E-state index contributed by atoms with van der Waals surface area (Å²) in [6.45, 7) is 0.328. The molecule has 4 aromatic rings. The van der Waals surface area contributed by atoms with E-state index >= 15 is 0 Å². The Hall–Kier alpha value is -4.01. The van der Waals surface area contributed by atoms with Gasteiger partial charge in [-0.25, -0.2) is 9.36 Å². The number of ether oxygens (including phenoxy) is 1. The molecule has 4 rings (SSSR count). The maximum Gasteiger partial charge on any atom is 0.249 e. The molecule has 146 valence electrons. The minimum absolute atomic E-state index is 0.211. The molecule has 29 heavy (non-hydrogen) atoms. The fourth-order valence-corrected chi connectivity index (χ4v) is 2.98. The number of carbonyl (C=O) groups excluding carboxylic acids is 1. The second-order valence-electron chi connectivity index (χ2n) is 6.32. The number of hydrogen-bond acceptors (Lipinski definition) is 6. The lowest BCUT2D eigenvalue weighted by Crippen LogP contribution is -2.33. The van der Waals surface area contributed by atoms with Gasteiger partial charge in [-0.05, 0) is 28.1 Å². The van der Waals surface area contributed by atoms with Gasteiger partial charge in [0.15, 0.2) is 6.04 Å². The largest absolute Gasteiger partial charge is 0.497 e. The third-order valence-corrected chi connectivity index (χ3v) is 4.41. The summed E-state index contributed by atoms with van der Waals surface area (Å²) < 4.78 is 8.42. The highest BCUT2D eigenvalue weighted by molar-refractivity contribution is 5.83. The van der Waals surface area contributed by atoms with Gasteiger partial charge in [0.2, 0.25) is 5.91 Å². The standard InChI is InChI=1S/C20H19N7O2/c1-29-18-9-5-8-17(10-18)26-13-15(12-23-26)11-21-20(28)19(27-14-22-24-25-27)16-6-3-2-4-7-16/h2-10,12-14,19H,11H2,1H3,(H,21,28). The van der Waals surface area contributed by atoms with Crippen LogP contribution in [0.2, 0.25) is 0 Å². The number of amides is 1. The van der Waals surface area contributed by atoms with E-state index in [9.17, 15) is 4.79 Å². The first-order chi connectivity index (χ1) is 14.2. The molecule has 2 aromatic heterocycles. The topological polar surface area (TPSA) is 99.8 Å². The first kappa shape index (κ1) is 18.4. The molecule has 1 atom stereocenters. The van der Waals surface area contributed by atoms with E-state index in [2.05, 4.69) is 25.9 Å². The number of nitrogens with zero attached hydrogens (tertiary/aromatic N) is 6. The molecule has 2 heterocycles. The lowest BCUT2D eigenvalue weighted by Gasteiger charge is -2.16. The molecule has 0 aliphatic rings. The maximum absolute atomic E-state index is 12.9. The Labute approximate surface area is 166 Å². The highest BCUT2D eigenvalue weighted by atomic mass is 16.5. The number of methoxy groups -OCH3 is 1. The number of aromatic nitrogens is 6. The number of benzene rings is 2. The minimum atomic E-state index is -0.653. The van der Waals surface area contributed by atoms with Crippen LogP contribution in [0.25, 0.3) is 5.69 Å². The van der Waals surface area contributed by atoms with Crippen LogP contribution in [0.4, 0.5) is 0 Å². The van der Waals surface area contributed by atoms with E-state index < -0.39 is 6.04 Å². The summed E-state index contributed by atoms with van der Waals surface area (Å²) in [6, 6.07) is 16.3. The monoisotopic (exact) mass is 389 g/mol. The molecule has 0 bridgehead atoms. The van der Waals surface area contributed by atoms with E-state index in [4.69, 9.17) is 4.74 Å². The predicted octanol–water partition coefficient (Wildman–Crippen LogP) is 1.77. The van der Waals surface area contributed by atoms with Crippen molar-refractivity contribution < 1.29 is 9.53 Å². The van der Waals surface area contributed by atoms with Crippen LogP contribution in [0.15, 0.2) is 73.3 Å². The average molecular weight is 389 g/mol. The van der Waals surface area contributed by atoms with E-state index in [1.54, 1.807) is 18.0 Å². The van der Waals surface area contributed by atoms with Gasteiger partial charge >= 0.3 is 0 Å². The number of nitrogens with one attached hydrogen (secondary N) is 1. The van der Waals surface area contributed by atoms with E-state index in [1.807, 2.05) is 60.8 Å². The molecule has 1 N–H and O–H groups in total. The summed E-state index contributed by atoms with van der Waals surface area (Å²) in [5.41, 5.74) is 2.53. The molecule has 9 heteroatoms. The second-order valence-corrected chi connectivity index (χ2v) is 6.32. The van der Waals surface area contributed by atoms with Crippen LogP contribution in [0.1, 0.15) is 17.2 Å². The number of hydrogen-bond donors (Lipinski definition) is 1. The van der Waals surface area contributed by atoms with E-state index in [-0.39, 0.29) is 5.91 Å². The SMILES string of the molecule is COc1cccc(-n2cc(CNC(=O)C(c3ccccc3)n3cnnn3)cn2)c1. The van der Waals surface area contributed by atoms with Crippen LogP contribution in [0, 0.1) is 0 Å². The van der Waals surface area contributed by atoms with Crippen molar-refractivity contribution in [1.82, 2.24) is 35.3 Å². The summed E-state index contributed by atoms with van der Waals surface area (Å²) in [4.78, 5) is 12.9. The Morgan fingerprint density at radius 2 is 2.03 bits per heavy atom. The van der Waals surface area contributed by atoms with Crippen LogP contribution < -0.4 is 10.1 Å². The van der Waals surface area contributed by atoms with Crippen molar-refractivity contribution in [2.75, 3.05) is 7.11 Å². The van der Waals surface area contributed by atoms with Crippen LogP contribution >= 0.6 is 0 Å². The van der Waals surface area contributed by atoms with Crippen molar-refractivity contribution >= 4 is 5.91 Å². The summed E-state index contributed by atoms with van der Waals surface area (Å²) in [5, 5.41) is 18.5. The fourth-order valence-electron chi connectivity index (χ4n) is 2.98. The molecule has 0 spiro atoms. The molecule has 0 aliphatic heterocycles. The molecule has 1 unspecified atom stereocenters. The fraction of sp³-hybridized carbons (Fsp3) is 0.150. The van der Waals surface area contributed by atoms with Gasteiger partial charge < -0.3 is 10.1 Å². The lowest BCUT2D eigenvalue weighted by molar-refractivity contribution is -0.123. The summed E-state index contributed by atoms with van der Waals surface area (Å²) in [7, 11) is 1.62. The quantitative estimate of drug-likeness (QED) is 0.517. The highest BCUT2D eigenvalue weighted by Gasteiger charge is 2.23. The zero-order valence-electron chi connectivity index (χ0n) is 15.7. The normalized spacial score (nSPS) is 11.8. The highest BCUT2D eigenvalue weighted by Crippen LogP contribution is 2.18. The molecule has 0 aliphatic carbocycles. The van der Waals surface area contributed by atoms with Crippen molar-refractivity contribution in [3.8, 4) is 11.4 Å². The molecule has 0 saturated heterocycles. The first-order valence-electron chi connectivity index (χ1n) is 8.97. The van der Waals surface area contributed by atoms with Crippen molar-refractivity contribution in [2.24, 2.45) is 0 Å². The Morgan fingerprint density at radius 3 is 2.79 bits per heavy atom. The Bertz CT molecular complexity index is 1080. The van der Waals surface area contributed by atoms with Gasteiger partial charge in [0.1, 0.15) is 12.1 Å². The van der Waals surface area contributed by atoms with E-state index in [0.29, 0.717) is 6.54 Å². The predicted molar refractivity (Wildman–Crippen MR) is 104 cm³/mol. The first-order valence-corrected chi connectivity index (χ1v) is 8.97. The number of carbonyl (C=O) groups is 1. The zero-order chi connectivity index (χ0) is 20.1. The zero-order valence-corrected chi connectivity index (χ0v) is 15.7. The minimum Gasteiger partial charge on any atom is -0.497 e. The molecular weight excluding hydrogens is 370 g/mol. The summed E-state index contributed by atoms with van der Waals surface area (Å²) in [5.74, 6) is 0.539. The van der Waals surface area contributed by atoms with Crippen LogP contribution in [-0.2, 0) is 11.3 Å². The Kier molecular flexibility index (Phi) is 5.28. The number of rotatable bonds is 7. The maximum atomic E-state index is 12.9.